The highest BCUT2D eigenvalue weighted by Gasteiger charge is 2.25. The number of morpholine rings is 1. The Bertz CT molecular complexity index is 1810. The molecule has 2 aromatic heterocycles. The minimum atomic E-state index is -0.106. The lowest BCUT2D eigenvalue weighted by Crippen LogP contribution is -2.40. The molecule has 0 saturated carbocycles. The van der Waals surface area contributed by atoms with Crippen molar-refractivity contribution in [1.82, 2.24) is 14.6 Å². The van der Waals surface area contributed by atoms with E-state index in [0.717, 1.165) is 44.4 Å². The number of carbonyl (C=O) groups is 1. The number of aromatic nitrogens is 2. The van der Waals surface area contributed by atoms with Crippen molar-refractivity contribution in [1.29, 1.82) is 0 Å². The highest BCUT2D eigenvalue weighted by molar-refractivity contribution is 6.11. The summed E-state index contributed by atoms with van der Waals surface area (Å²) in [6.45, 7) is 6.29. The topological polar surface area (TPSA) is 60.5 Å². The molecule has 0 radical (unpaired) electrons. The first-order valence-electron chi connectivity index (χ1n) is 14.1. The molecule has 1 aliphatic rings. The number of ether oxygens (including phenoxy) is 1. The molecule has 0 unspecified atom stereocenters. The fraction of sp³-hybridized carbons (Fsp3) is 0.200. The molecule has 0 bridgehead atoms. The average molecular weight is 542 g/mol. The molecule has 41 heavy (non-hydrogen) atoms. The lowest BCUT2D eigenvalue weighted by atomic mass is 9.97. The van der Waals surface area contributed by atoms with Crippen molar-refractivity contribution < 1.29 is 14.1 Å². The van der Waals surface area contributed by atoms with E-state index in [1.807, 2.05) is 36.9 Å². The molecule has 6 nitrogen and oxygen atoms in total. The molecule has 1 fully saturated rings. The minimum Gasteiger partial charge on any atom is -0.378 e. The Hall–Kier alpha value is -4.68. The van der Waals surface area contributed by atoms with Gasteiger partial charge in [-0.25, -0.2) is 0 Å². The first kappa shape index (κ1) is 25.3. The molecule has 6 aromatic rings. The number of fused-ring (bicyclic) bond motifs is 3. The summed E-state index contributed by atoms with van der Waals surface area (Å²) < 4.78 is 13.4. The number of aryl methyl sites for hydroxylation is 2. The summed E-state index contributed by atoms with van der Waals surface area (Å²) in [5, 5.41) is 6.46. The van der Waals surface area contributed by atoms with Crippen LogP contribution in [0.3, 0.4) is 0 Å². The number of hydrogen-bond acceptors (Lipinski definition) is 4. The molecule has 0 aliphatic carbocycles. The number of hydrogen-bond donors (Lipinski definition) is 0. The molecular formula is C35H31N3O3. The molecule has 1 saturated heterocycles. The number of benzene rings is 4. The third-order valence-electron chi connectivity index (χ3n) is 8.16. The Morgan fingerprint density at radius 2 is 1.39 bits per heavy atom. The molecule has 0 spiro atoms. The lowest BCUT2D eigenvalue weighted by Gasteiger charge is -2.27. The number of rotatable bonds is 5. The van der Waals surface area contributed by atoms with Gasteiger partial charge in [0, 0.05) is 35.0 Å². The van der Waals surface area contributed by atoms with E-state index in [-0.39, 0.29) is 11.9 Å². The van der Waals surface area contributed by atoms with Crippen LogP contribution >= 0.6 is 0 Å². The standard InChI is InChI=1S/C35H31N3O3/c1-23-33(24(2)41-36-23)27-13-15-29-30-16-14-28(35(39)37-17-19-40-20-18-37)22-32(30)38(31(29)21-27)34(25-9-5-3-6-10-25)26-11-7-4-8-12-26/h3-16,21-22,34H,17-20H2,1-2H3. The van der Waals surface area contributed by atoms with E-state index < -0.39 is 0 Å². The van der Waals surface area contributed by atoms with Gasteiger partial charge in [0.05, 0.1) is 36.0 Å². The molecule has 4 aromatic carbocycles. The summed E-state index contributed by atoms with van der Waals surface area (Å²) in [6, 6.07) is 33.7. The summed E-state index contributed by atoms with van der Waals surface area (Å²) >= 11 is 0. The molecular weight excluding hydrogens is 510 g/mol. The predicted octanol–water partition coefficient (Wildman–Crippen LogP) is 7.18. The van der Waals surface area contributed by atoms with Gasteiger partial charge in [-0.3, -0.25) is 4.79 Å². The summed E-state index contributed by atoms with van der Waals surface area (Å²) in [5.74, 6) is 0.838. The largest absolute Gasteiger partial charge is 0.378 e. The van der Waals surface area contributed by atoms with Crippen LogP contribution in [0.15, 0.2) is 102 Å². The van der Waals surface area contributed by atoms with E-state index in [9.17, 15) is 4.79 Å². The highest BCUT2D eigenvalue weighted by atomic mass is 16.5. The summed E-state index contributed by atoms with van der Waals surface area (Å²) in [4.78, 5) is 15.5. The number of nitrogens with zero attached hydrogens (tertiary/aromatic N) is 3. The first-order valence-corrected chi connectivity index (χ1v) is 14.1. The third-order valence-corrected chi connectivity index (χ3v) is 8.16. The molecule has 1 amide bonds. The number of carbonyl (C=O) groups excluding carboxylic acids is 1. The molecule has 6 heteroatoms. The Labute approximate surface area is 238 Å². The second-order valence-electron chi connectivity index (χ2n) is 10.7. The average Bonchev–Trinajstić information content (AvgIpc) is 3.53. The van der Waals surface area contributed by atoms with Gasteiger partial charge >= 0.3 is 0 Å². The van der Waals surface area contributed by atoms with Crippen LogP contribution in [0.1, 0.15) is 39.0 Å². The van der Waals surface area contributed by atoms with Crippen molar-refractivity contribution in [3.05, 3.63) is 125 Å². The zero-order chi connectivity index (χ0) is 27.9. The van der Waals surface area contributed by atoms with Crippen molar-refractivity contribution in [2.75, 3.05) is 26.3 Å². The maximum atomic E-state index is 13.6. The van der Waals surface area contributed by atoms with Crippen LogP contribution in [0.4, 0.5) is 0 Å². The van der Waals surface area contributed by atoms with Crippen molar-refractivity contribution in [2.45, 2.75) is 19.9 Å². The van der Waals surface area contributed by atoms with E-state index in [1.54, 1.807) is 0 Å². The van der Waals surface area contributed by atoms with E-state index in [2.05, 4.69) is 88.6 Å². The summed E-state index contributed by atoms with van der Waals surface area (Å²) in [6.07, 6.45) is 0. The quantitative estimate of drug-likeness (QED) is 0.232. The number of amides is 1. The van der Waals surface area contributed by atoms with Gasteiger partial charge in [-0.2, -0.15) is 0 Å². The van der Waals surface area contributed by atoms with Crippen LogP contribution < -0.4 is 0 Å². The lowest BCUT2D eigenvalue weighted by molar-refractivity contribution is 0.0303. The first-order chi connectivity index (χ1) is 20.1. The van der Waals surface area contributed by atoms with Gasteiger partial charge in [-0.15, -0.1) is 0 Å². The zero-order valence-electron chi connectivity index (χ0n) is 23.2. The van der Waals surface area contributed by atoms with Crippen LogP contribution in [-0.4, -0.2) is 46.8 Å². The molecule has 204 valence electrons. The Morgan fingerprint density at radius 1 is 0.780 bits per heavy atom. The maximum Gasteiger partial charge on any atom is 0.254 e. The third kappa shape index (κ3) is 4.41. The van der Waals surface area contributed by atoms with E-state index in [1.165, 1.54) is 11.1 Å². The van der Waals surface area contributed by atoms with E-state index >= 15 is 0 Å². The molecule has 3 heterocycles. The van der Waals surface area contributed by atoms with Gasteiger partial charge in [0.25, 0.3) is 5.91 Å². The van der Waals surface area contributed by atoms with Crippen molar-refractivity contribution in [3.63, 3.8) is 0 Å². The van der Waals surface area contributed by atoms with Gasteiger partial charge < -0.3 is 18.7 Å². The van der Waals surface area contributed by atoms with Gasteiger partial charge in [0.2, 0.25) is 0 Å². The predicted molar refractivity (Wildman–Crippen MR) is 161 cm³/mol. The molecule has 0 atom stereocenters. The zero-order valence-corrected chi connectivity index (χ0v) is 23.2. The van der Waals surface area contributed by atoms with Crippen molar-refractivity contribution >= 4 is 27.7 Å². The van der Waals surface area contributed by atoms with Crippen LogP contribution in [-0.2, 0) is 4.74 Å². The molecule has 1 aliphatic heterocycles. The van der Waals surface area contributed by atoms with E-state index in [0.29, 0.717) is 31.9 Å². The Kier molecular flexibility index (Phi) is 6.40. The van der Waals surface area contributed by atoms with Crippen molar-refractivity contribution in [2.24, 2.45) is 0 Å². The summed E-state index contributed by atoms with van der Waals surface area (Å²) in [7, 11) is 0. The fourth-order valence-electron chi connectivity index (χ4n) is 6.22. The van der Waals surface area contributed by atoms with Crippen molar-refractivity contribution in [3.8, 4) is 11.1 Å². The van der Waals surface area contributed by atoms with Gasteiger partial charge in [0.15, 0.2) is 0 Å². The van der Waals surface area contributed by atoms with Crippen LogP contribution in [0.25, 0.3) is 32.9 Å². The van der Waals surface area contributed by atoms with Crippen LogP contribution in [0, 0.1) is 13.8 Å². The molecule has 0 N–H and O–H groups in total. The Balaban J connectivity index is 1.52. The smallest absolute Gasteiger partial charge is 0.254 e. The monoisotopic (exact) mass is 541 g/mol. The SMILES string of the molecule is Cc1noc(C)c1-c1ccc2c3ccc(C(=O)N4CCOCC4)cc3n(C(c3ccccc3)c3ccccc3)c2c1. The maximum absolute atomic E-state index is 13.6. The fourth-order valence-corrected chi connectivity index (χ4v) is 6.22. The van der Waals surface area contributed by atoms with Crippen LogP contribution in [0.2, 0.25) is 0 Å². The second kappa shape index (κ2) is 10.4. The van der Waals surface area contributed by atoms with Gasteiger partial charge in [-0.1, -0.05) is 84.0 Å². The van der Waals surface area contributed by atoms with Crippen LogP contribution in [0.5, 0.6) is 0 Å². The molecule has 7 rings (SSSR count). The normalized spacial score (nSPS) is 13.9. The van der Waals surface area contributed by atoms with Gasteiger partial charge in [-0.05, 0) is 48.7 Å². The highest BCUT2D eigenvalue weighted by Crippen LogP contribution is 2.40. The van der Waals surface area contributed by atoms with E-state index in [4.69, 9.17) is 9.26 Å². The second-order valence-corrected chi connectivity index (χ2v) is 10.7. The minimum absolute atomic E-state index is 0.0411. The summed E-state index contributed by atoms with van der Waals surface area (Å²) in [5.41, 5.74) is 8.08. The van der Waals surface area contributed by atoms with Gasteiger partial charge in [0.1, 0.15) is 5.76 Å². The Morgan fingerprint density at radius 3 is 2.00 bits per heavy atom.